The molecule has 0 amide bonds. The van der Waals surface area contributed by atoms with E-state index >= 15 is 0 Å². The summed E-state index contributed by atoms with van der Waals surface area (Å²) in [6.45, 7) is 5.87. The van der Waals surface area contributed by atoms with E-state index in [1.165, 1.54) is 46.5 Å². The number of rotatable bonds is 7. The van der Waals surface area contributed by atoms with Gasteiger partial charge in [0, 0.05) is 36.5 Å². The monoisotopic (exact) mass is 393 g/mol. The Bertz CT molecular complexity index is 968. The summed E-state index contributed by atoms with van der Waals surface area (Å²) in [4.78, 5) is 2.34. The van der Waals surface area contributed by atoms with Crippen LogP contribution in [-0.2, 0) is 32.4 Å². The van der Waals surface area contributed by atoms with Crippen LogP contribution in [-0.4, -0.2) is 39.5 Å². The quantitative estimate of drug-likeness (QED) is 0.639. The number of ether oxygens (including phenoxy) is 1. The van der Waals surface area contributed by atoms with Gasteiger partial charge in [-0.05, 0) is 69.3 Å². The van der Waals surface area contributed by atoms with Gasteiger partial charge in [-0.2, -0.15) is 10.2 Å². The number of methoxy groups -OCH3 is 1. The number of benzene rings is 1. The Morgan fingerprint density at radius 2 is 1.90 bits per heavy atom. The van der Waals surface area contributed by atoms with Crippen LogP contribution < -0.4 is 4.74 Å². The van der Waals surface area contributed by atoms with E-state index in [9.17, 15) is 0 Å². The number of nitrogens with one attached hydrogen (secondary N) is 2. The molecule has 0 aliphatic heterocycles. The zero-order valence-corrected chi connectivity index (χ0v) is 17.9. The molecule has 4 rings (SSSR count). The number of H-pyrrole nitrogens is 2. The lowest BCUT2D eigenvalue weighted by atomic mass is 9.96. The Morgan fingerprint density at radius 1 is 1.07 bits per heavy atom. The number of aromatic amines is 2. The molecular weight excluding hydrogens is 362 g/mol. The smallest absolute Gasteiger partial charge is 0.122 e. The van der Waals surface area contributed by atoms with Crippen LogP contribution >= 0.6 is 0 Å². The van der Waals surface area contributed by atoms with Crippen molar-refractivity contribution in [2.75, 3.05) is 14.2 Å². The number of nitrogens with zero attached hydrogens (tertiary/aromatic N) is 3. The van der Waals surface area contributed by atoms with Gasteiger partial charge in [0.2, 0.25) is 0 Å². The van der Waals surface area contributed by atoms with Gasteiger partial charge < -0.3 is 4.74 Å². The molecule has 0 fully saturated rings. The molecule has 1 aromatic carbocycles. The molecule has 2 N–H and O–H groups in total. The Labute approximate surface area is 172 Å². The van der Waals surface area contributed by atoms with Crippen LogP contribution in [0.1, 0.15) is 57.9 Å². The Hall–Kier alpha value is -2.60. The predicted octanol–water partition coefficient (Wildman–Crippen LogP) is 3.86. The van der Waals surface area contributed by atoms with Gasteiger partial charge in [-0.15, -0.1) is 0 Å². The van der Waals surface area contributed by atoms with Crippen molar-refractivity contribution in [2.45, 2.75) is 59.0 Å². The molecule has 0 spiro atoms. The van der Waals surface area contributed by atoms with Crippen molar-refractivity contribution in [1.82, 2.24) is 25.3 Å². The summed E-state index contributed by atoms with van der Waals surface area (Å²) in [6, 6.07) is 6.51. The van der Waals surface area contributed by atoms with Crippen molar-refractivity contribution in [1.29, 1.82) is 0 Å². The second-order valence-corrected chi connectivity index (χ2v) is 8.24. The normalized spacial score (nSPS) is 13.7. The van der Waals surface area contributed by atoms with Gasteiger partial charge in [-0.1, -0.05) is 12.1 Å². The second-order valence-electron chi connectivity index (χ2n) is 8.24. The first-order valence-electron chi connectivity index (χ1n) is 10.4. The maximum absolute atomic E-state index is 5.62. The fraction of sp³-hybridized carbons (Fsp3) is 0.478. The van der Waals surface area contributed by atoms with E-state index < -0.39 is 0 Å². The zero-order valence-electron chi connectivity index (χ0n) is 17.9. The number of fused-ring (bicyclic) bond motifs is 1. The molecule has 154 valence electrons. The average molecular weight is 394 g/mol. The molecule has 1 aliphatic rings. The molecule has 0 saturated carbocycles. The SMILES string of the molecule is COc1ccc(CN(C)Cc2n[nH]c3c2CCCC3)cc1Cc1c(C)n[nH]c1C. The van der Waals surface area contributed by atoms with E-state index in [1.807, 2.05) is 6.92 Å². The summed E-state index contributed by atoms with van der Waals surface area (Å²) >= 11 is 0. The van der Waals surface area contributed by atoms with Crippen molar-refractivity contribution in [3.05, 3.63) is 63.2 Å². The van der Waals surface area contributed by atoms with E-state index in [0.717, 1.165) is 49.5 Å². The standard InChI is InChI=1S/C23H31N5O/c1-15-20(16(2)25-24-15)12-18-11-17(9-10-23(18)29-4)13-28(3)14-22-19-7-5-6-8-21(19)26-27-22/h9-11H,5-8,12-14H2,1-4H3,(H,24,25)(H,26,27). The molecular formula is C23H31N5O. The van der Waals surface area contributed by atoms with Crippen LogP contribution in [0.4, 0.5) is 0 Å². The number of aryl methyl sites for hydroxylation is 3. The third kappa shape index (κ3) is 4.22. The summed E-state index contributed by atoms with van der Waals surface area (Å²) in [5, 5.41) is 15.3. The topological polar surface area (TPSA) is 69.8 Å². The van der Waals surface area contributed by atoms with Gasteiger partial charge >= 0.3 is 0 Å². The fourth-order valence-corrected chi connectivity index (χ4v) is 4.40. The summed E-state index contributed by atoms with van der Waals surface area (Å²) in [6.07, 6.45) is 5.67. The van der Waals surface area contributed by atoms with E-state index in [4.69, 9.17) is 4.74 Å². The minimum Gasteiger partial charge on any atom is -0.496 e. The summed E-state index contributed by atoms with van der Waals surface area (Å²) in [5.74, 6) is 0.928. The highest BCUT2D eigenvalue weighted by Gasteiger charge is 2.18. The van der Waals surface area contributed by atoms with Crippen LogP contribution in [0.2, 0.25) is 0 Å². The minimum absolute atomic E-state index is 0.821. The highest BCUT2D eigenvalue weighted by Crippen LogP contribution is 2.27. The van der Waals surface area contributed by atoms with Crippen LogP contribution in [0.5, 0.6) is 5.75 Å². The molecule has 6 heteroatoms. The van der Waals surface area contributed by atoms with E-state index in [0.29, 0.717) is 0 Å². The Kier molecular flexibility index (Phi) is 5.72. The van der Waals surface area contributed by atoms with E-state index in [1.54, 1.807) is 7.11 Å². The molecule has 0 saturated heterocycles. The van der Waals surface area contributed by atoms with Crippen molar-refractivity contribution < 1.29 is 4.74 Å². The summed E-state index contributed by atoms with van der Waals surface area (Å²) < 4.78 is 5.62. The molecule has 2 heterocycles. The van der Waals surface area contributed by atoms with Crippen molar-refractivity contribution in [2.24, 2.45) is 0 Å². The van der Waals surface area contributed by atoms with Crippen molar-refractivity contribution >= 4 is 0 Å². The molecule has 0 unspecified atom stereocenters. The van der Waals surface area contributed by atoms with E-state index in [2.05, 4.69) is 57.5 Å². The Morgan fingerprint density at radius 3 is 2.66 bits per heavy atom. The van der Waals surface area contributed by atoms with Crippen molar-refractivity contribution in [3.8, 4) is 5.75 Å². The van der Waals surface area contributed by atoms with Gasteiger partial charge in [0.25, 0.3) is 0 Å². The number of aromatic nitrogens is 4. The molecule has 3 aromatic rings. The first-order chi connectivity index (χ1) is 14.0. The lowest BCUT2D eigenvalue weighted by Gasteiger charge is -2.19. The average Bonchev–Trinajstić information content (AvgIpc) is 3.26. The maximum atomic E-state index is 5.62. The fourth-order valence-electron chi connectivity index (χ4n) is 4.40. The molecule has 0 radical (unpaired) electrons. The molecule has 0 bridgehead atoms. The van der Waals surface area contributed by atoms with Crippen LogP contribution in [0.25, 0.3) is 0 Å². The highest BCUT2D eigenvalue weighted by atomic mass is 16.5. The van der Waals surface area contributed by atoms with Gasteiger partial charge in [-0.25, -0.2) is 0 Å². The molecule has 6 nitrogen and oxygen atoms in total. The number of hydrogen-bond acceptors (Lipinski definition) is 4. The van der Waals surface area contributed by atoms with E-state index in [-0.39, 0.29) is 0 Å². The molecule has 2 aromatic heterocycles. The van der Waals surface area contributed by atoms with Crippen molar-refractivity contribution in [3.63, 3.8) is 0 Å². The highest BCUT2D eigenvalue weighted by molar-refractivity contribution is 5.42. The predicted molar refractivity (Wildman–Crippen MR) is 114 cm³/mol. The van der Waals surface area contributed by atoms with Crippen LogP contribution in [0, 0.1) is 13.8 Å². The molecule has 0 atom stereocenters. The lowest BCUT2D eigenvalue weighted by molar-refractivity contribution is 0.313. The Balaban J connectivity index is 1.49. The van der Waals surface area contributed by atoms with Gasteiger partial charge in [0.1, 0.15) is 5.75 Å². The molecule has 1 aliphatic carbocycles. The van der Waals surface area contributed by atoms with Crippen LogP contribution in [0.15, 0.2) is 18.2 Å². The second kappa shape index (κ2) is 8.41. The number of hydrogen-bond donors (Lipinski definition) is 2. The van der Waals surface area contributed by atoms with Gasteiger partial charge in [0.05, 0.1) is 18.5 Å². The maximum Gasteiger partial charge on any atom is 0.122 e. The largest absolute Gasteiger partial charge is 0.496 e. The van der Waals surface area contributed by atoms with Gasteiger partial charge in [0.15, 0.2) is 0 Å². The zero-order chi connectivity index (χ0) is 20.4. The van der Waals surface area contributed by atoms with Gasteiger partial charge in [-0.3, -0.25) is 15.1 Å². The first kappa shape index (κ1) is 19.7. The minimum atomic E-state index is 0.821. The van der Waals surface area contributed by atoms with Crippen LogP contribution in [0.3, 0.4) is 0 Å². The third-order valence-electron chi connectivity index (χ3n) is 6.01. The summed E-state index contributed by atoms with van der Waals surface area (Å²) in [5.41, 5.74) is 9.90. The first-order valence-corrected chi connectivity index (χ1v) is 10.4. The summed E-state index contributed by atoms with van der Waals surface area (Å²) in [7, 11) is 3.90. The lowest BCUT2D eigenvalue weighted by Crippen LogP contribution is -2.19. The third-order valence-corrected chi connectivity index (χ3v) is 6.01. The molecule has 29 heavy (non-hydrogen) atoms.